The highest BCUT2D eigenvalue weighted by atomic mass is 16.6. The van der Waals surface area contributed by atoms with Crippen LogP contribution in [0.4, 0.5) is 0 Å². The third kappa shape index (κ3) is 6.61. The Bertz CT molecular complexity index is 1130. The van der Waals surface area contributed by atoms with Gasteiger partial charge < -0.3 is 30.4 Å². The van der Waals surface area contributed by atoms with E-state index in [0.29, 0.717) is 24.4 Å². The number of carbonyl (C=O) groups excluding carboxylic acids is 3. The number of esters is 1. The molecular formula is C29H41N5O5. The topological polar surface area (TPSA) is 149 Å². The molecule has 2 aromatic rings. The maximum Gasteiger partial charge on any atom is 0.340 e. The third-order valence-electron chi connectivity index (χ3n) is 8.05. The number of H-pyrrole nitrogens is 2. The van der Waals surface area contributed by atoms with Gasteiger partial charge in [0.2, 0.25) is 11.8 Å². The molecule has 0 aromatic carbocycles. The predicted molar refractivity (Wildman–Crippen MR) is 147 cm³/mol. The van der Waals surface area contributed by atoms with Crippen molar-refractivity contribution in [1.29, 1.82) is 0 Å². The molecular weight excluding hydrogens is 498 g/mol. The largest absolute Gasteiger partial charge is 0.404 e. The van der Waals surface area contributed by atoms with E-state index < -0.39 is 11.1 Å². The summed E-state index contributed by atoms with van der Waals surface area (Å²) in [6.45, 7) is 3.79. The fourth-order valence-electron chi connectivity index (χ4n) is 5.53. The maximum atomic E-state index is 12.9. The van der Waals surface area contributed by atoms with Crippen LogP contribution in [0.5, 0.6) is 0 Å². The first kappa shape index (κ1) is 28.6. The molecule has 10 heteroatoms. The Labute approximate surface area is 229 Å². The van der Waals surface area contributed by atoms with Gasteiger partial charge in [0.05, 0.1) is 12.6 Å². The van der Waals surface area contributed by atoms with Crippen molar-refractivity contribution in [2.75, 3.05) is 6.61 Å². The number of hydrogen-bond acceptors (Lipinski definition) is 6. The lowest BCUT2D eigenvalue weighted by atomic mass is 9.80. The number of nitrogens with zero attached hydrogens (tertiary/aromatic N) is 1. The fraction of sp³-hybridized carbons (Fsp3) is 0.586. The molecule has 3 aliphatic rings. The van der Waals surface area contributed by atoms with Gasteiger partial charge in [-0.3, -0.25) is 9.59 Å². The van der Waals surface area contributed by atoms with Crippen molar-refractivity contribution in [3.63, 3.8) is 0 Å². The number of cyclic esters (lactones) is 1. The highest BCUT2D eigenvalue weighted by molar-refractivity contribution is 6.07. The lowest BCUT2D eigenvalue weighted by Gasteiger charge is -2.38. The van der Waals surface area contributed by atoms with Crippen LogP contribution in [0, 0.1) is 5.92 Å². The molecule has 2 saturated carbocycles. The zero-order valence-corrected chi connectivity index (χ0v) is 22.9. The number of nitrogens with one attached hydrogen (secondary N) is 4. The van der Waals surface area contributed by atoms with Crippen LogP contribution < -0.4 is 10.6 Å². The first-order chi connectivity index (χ1) is 18.8. The van der Waals surface area contributed by atoms with E-state index >= 15 is 0 Å². The lowest BCUT2D eigenvalue weighted by molar-refractivity contribution is -0.140. The predicted octanol–water partition coefficient (Wildman–Crippen LogP) is 3.60. The normalized spacial score (nSPS) is 20.4. The van der Waals surface area contributed by atoms with E-state index in [0.717, 1.165) is 50.6 Å². The number of ether oxygens (including phenoxy) is 1. The monoisotopic (exact) mass is 539 g/mol. The zero-order chi connectivity index (χ0) is 27.9. The summed E-state index contributed by atoms with van der Waals surface area (Å²) in [4.78, 5) is 47.6. The summed E-state index contributed by atoms with van der Waals surface area (Å²) in [7, 11) is 0. The molecule has 2 fully saturated rings. The van der Waals surface area contributed by atoms with Crippen LogP contribution in [-0.2, 0) is 14.3 Å². The van der Waals surface area contributed by atoms with E-state index in [1.807, 2.05) is 26.0 Å². The van der Waals surface area contributed by atoms with E-state index in [1.54, 1.807) is 24.5 Å². The summed E-state index contributed by atoms with van der Waals surface area (Å²) in [5.41, 5.74) is -0.220. The van der Waals surface area contributed by atoms with Crippen molar-refractivity contribution in [1.82, 2.24) is 20.6 Å². The summed E-state index contributed by atoms with van der Waals surface area (Å²) >= 11 is 0. The smallest absolute Gasteiger partial charge is 0.340 e. The number of aromatic nitrogens is 2. The van der Waals surface area contributed by atoms with Crippen LogP contribution >= 0.6 is 0 Å². The molecule has 1 aliphatic heterocycles. The van der Waals surface area contributed by atoms with Crippen LogP contribution in [0.3, 0.4) is 0 Å². The molecule has 39 heavy (non-hydrogen) atoms. The van der Waals surface area contributed by atoms with Crippen molar-refractivity contribution in [2.45, 2.75) is 95.2 Å². The summed E-state index contributed by atoms with van der Waals surface area (Å²) in [6, 6.07) is 6.88. The van der Waals surface area contributed by atoms with Gasteiger partial charge in [-0.1, -0.05) is 52.4 Å². The van der Waals surface area contributed by atoms with Gasteiger partial charge in [0.25, 0.3) is 5.91 Å². The van der Waals surface area contributed by atoms with Crippen LogP contribution in [-0.4, -0.2) is 62.5 Å². The van der Waals surface area contributed by atoms with Crippen molar-refractivity contribution in [2.24, 2.45) is 10.9 Å². The quantitative estimate of drug-likeness (QED) is 0.341. The van der Waals surface area contributed by atoms with Crippen molar-refractivity contribution < 1.29 is 24.2 Å². The van der Waals surface area contributed by atoms with Crippen LogP contribution in [0.1, 0.15) is 94.2 Å². The van der Waals surface area contributed by atoms with Gasteiger partial charge in [0, 0.05) is 12.4 Å². The number of aromatic amines is 2. The Morgan fingerprint density at radius 3 is 2.21 bits per heavy atom. The number of rotatable bonds is 7. The van der Waals surface area contributed by atoms with E-state index in [4.69, 9.17) is 4.74 Å². The number of hydrogen-bond donors (Lipinski definition) is 5. The average molecular weight is 540 g/mol. The molecule has 2 amide bonds. The molecule has 10 nitrogen and oxygen atoms in total. The number of amides is 2. The highest BCUT2D eigenvalue weighted by Crippen LogP contribution is 2.37. The van der Waals surface area contributed by atoms with E-state index in [1.165, 1.54) is 6.42 Å². The minimum Gasteiger partial charge on any atom is -0.404 e. The molecule has 0 saturated heterocycles. The highest BCUT2D eigenvalue weighted by Gasteiger charge is 2.47. The molecule has 3 heterocycles. The molecule has 212 valence electrons. The minimum atomic E-state index is -0.886. The molecule has 1 spiro atoms. The number of aliphatic hydroxyl groups excluding tert-OH is 1. The zero-order valence-electron chi connectivity index (χ0n) is 22.9. The standard InChI is InChI=1S/C17H27N3O3.C12H14N2O2/c1-12(2)14(11-21)19-16(23)17(8-4-3-5-9-17)20-15(22)13-7-6-10-18-13;15-11-12(6-2-1-3-7-12)14-10(16-11)9-5-4-8-13-9/h6-7,10,12,14,18,21H,3-5,8-9,11H2,1-2H3,(H,19,23)(H,20,22);4-5,8,13H,1-3,6-7H2/t14-;/m1./s1. The van der Waals surface area contributed by atoms with Crippen molar-refractivity contribution >= 4 is 23.7 Å². The van der Waals surface area contributed by atoms with Gasteiger partial charge in [0.1, 0.15) is 16.9 Å². The number of carbonyl (C=O) groups is 3. The average Bonchev–Trinajstić information content (AvgIpc) is 3.72. The van der Waals surface area contributed by atoms with E-state index in [-0.39, 0.29) is 36.4 Å². The summed E-state index contributed by atoms with van der Waals surface area (Å²) in [5.74, 6) is -0.0422. The van der Waals surface area contributed by atoms with Gasteiger partial charge in [-0.2, -0.15) is 0 Å². The SMILES string of the molecule is CC(C)[C@@H](CO)NC(=O)C1(NC(=O)c2ccc[nH]2)CCCCC1.O=C1OC(c2ccc[nH]2)=NC12CCCCC2. The molecule has 2 aromatic heterocycles. The van der Waals surface area contributed by atoms with Gasteiger partial charge in [-0.05, 0) is 55.9 Å². The minimum absolute atomic E-state index is 0.107. The van der Waals surface area contributed by atoms with Gasteiger partial charge in [-0.25, -0.2) is 9.79 Å². The molecule has 2 aliphatic carbocycles. The third-order valence-corrected chi connectivity index (χ3v) is 8.05. The van der Waals surface area contributed by atoms with Gasteiger partial charge in [-0.15, -0.1) is 0 Å². The Hall–Kier alpha value is -3.40. The molecule has 5 N–H and O–H groups in total. The van der Waals surface area contributed by atoms with E-state index in [2.05, 4.69) is 25.6 Å². The summed E-state index contributed by atoms with van der Waals surface area (Å²) in [5, 5.41) is 15.3. The maximum absolute atomic E-state index is 12.9. The molecule has 0 bridgehead atoms. The molecule has 5 rings (SSSR count). The summed E-state index contributed by atoms with van der Waals surface area (Å²) < 4.78 is 5.28. The Kier molecular flexibility index (Phi) is 9.27. The Morgan fingerprint density at radius 1 is 1.00 bits per heavy atom. The van der Waals surface area contributed by atoms with Crippen LogP contribution in [0.2, 0.25) is 0 Å². The van der Waals surface area contributed by atoms with Gasteiger partial charge in [0.15, 0.2) is 5.54 Å². The van der Waals surface area contributed by atoms with Crippen LogP contribution in [0.15, 0.2) is 41.7 Å². The second-order valence-corrected chi connectivity index (χ2v) is 11.2. The molecule has 1 atom stereocenters. The fourth-order valence-corrected chi connectivity index (χ4v) is 5.53. The van der Waals surface area contributed by atoms with E-state index in [9.17, 15) is 19.5 Å². The lowest BCUT2D eigenvalue weighted by Crippen LogP contribution is -2.62. The Balaban J connectivity index is 0.000000192. The second kappa shape index (κ2) is 12.6. The number of aliphatic imine (C=N–C) groups is 1. The molecule has 0 radical (unpaired) electrons. The molecule has 0 unspecified atom stereocenters. The van der Waals surface area contributed by atoms with Crippen molar-refractivity contribution in [3.8, 4) is 0 Å². The Morgan fingerprint density at radius 2 is 1.64 bits per heavy atom. The second-order valence-electron chi connectivity index (χ2n) is 11.2. The first-order valence-electron chi connectivity index (χ1n) is 14.1. The van der Waals surface area contributed by atoms with Gasteiger partial charge >= 0.3 is 5.97 Å². The number of aliphatic hydroxyl groups is 1. The first-order valence-corrected chi connectivity index (χ1v) is 14.1. The van der Waals surface area contributed by atoms with Crippen molar-refractivity contribution in [3.05, 3.63) is 48.0 Å². The van der Waals surface area contributed by atoms with Crippen LogP contribution in [0.25, 0.3) is 0 Å². The summed E-state index contributed by atoms with van der Waals surface area (Å²) in [6.07, 6.45) is 12.6.